The molecule has 0 aliphatic heterocycles. The molecule has 17 nitrogen and oxygen atoms in total. The molecule has 2 unspecified atom stereocenters. The second kappa shape index (κ2) is 78.7. The standard InChI is InChI=1S/C86H168O17P2/c1-6-9-12-15-18-20-22-24-26-28-29-30-31-35-39-42-46-50-55-60-65-70-84(89)97-76-82(103-86(91)72-67-62-57-52-48-44-40-36-33-32-34-37-41-45-49-54-58-63-68-79(4)5)78-101-105(94,95)99-74-80(87)73-98-104(92,93)100-77-81(75-96-83(88)69-64-59-53-17-14-11-8-3)102-85(90)71-66-61-56-51-47-43-38-27-25-23-21-19-16-13-10-7-2/h79-82,87H,6-78H2,1-5H3,(H,92,93)(H,94,95)/t80-,81+,82+/m0/s1. The zero-order valence-corrected chi connectivity index (χ0v) is 70.7. The summed E-state index contributed by atoms with van der Waals surface area (Å²) in [6.07, 6.45) is 72.5. The molecule has 0 bridgehead atoms. The lowest BCUT2D eigenvalue weighted by molar-refractivity contribution is -0.161. The van der Waals surface area contributed by atoms with E-state index in [4.69, 9.17) is 37.0 Å². The molecular formula is C86H168O17P2. The molecule has 0 spiro atoms. The Morgan fingerprint density at radius 2 is 0.438 bits per heavy atom. The Kier molecular flexibility index (Phi) is 77.3. The van der Waals surface area contributed by atoms with Gasteiger partial charge >= 0.3 is 39.5 Å². The zero-order valence-electron chi connectivity index (χ0n) is 68.9. The van der Waals surface area contributed by atoms with E-state index in [0.29, 0.717) is 25.7 Å². The summed E-state index contributed by atoms with van der Waals surface area (Å²) in [4.78, 5) is 73.0. The third-order valence-corrected chi connectivity index (χ3v) is 22.2. The molecule has 0 saturated heterocycles. The molecule has 0 saturated carbocycles. The number of phosphoric acid groups is 2. The lowest BCUT2D eigenvalue weighted by Crippen LogP contribution is -2.30. The van der Waals surface area contributed by atoms with E-state index in [0.717, 1.165) is 109 Å². The van der Waals surface area contributed by atoms with Gasteiger partial charge in [-0.2, -0.15) is 0 Å². The Hall–Kier alpha value is -1.94. The van der Waals surface area contributed by atoms with Gasteiger partial charge in [0.1, 0.15) is 19.3 Å². The fourth-order valence-electron chi connectivity index (χ4n) is 13.5. The van der Waals surface area contributed by atoms with Crippen LogP contribution in [0.2, 0.25) is 0 Å². The summed E-state index contributed by atoms with van der Waals surface area (Å²) in [6, 6.07) is 0. The number of ether oxygens (including phenoxy) is 4. The fourth-order valence-corrected chi connectivity index (χ4v) is 15.1. The van der Waals surface area contributed by atoms with Gasteiger partial charge in [-0.3, -0.25) is 37.3 Å². The minimum absolute atomic E-state index is 0.108. The van der Waals surface area contributed by atoms with Crippen LogP contribution in [-0.4, -0.2) is 96.7 Å². The van der Waals surface area contributed by atoms with Crippen LogP contribution in [0.4, 0.5) is 0 Å². The molecule has 0 aliphatic carbocycles. The molecular weight excluding hydrogens is 1370 g/mol. The van der Waals surface area contributed by atoms with E-state index in [1.807, 2.05) is 0 Å². The quantitative estimate of drug-likeness (QED) is 0.0222. The predicted molar refractivity (Wildman–Crippen MR) is 432 cm³/mol. The molecule has 105 heavy (non-hydrogen) atoms. The van der Waals surface area contributed by atoms with Gasteiger partial charge in [0.2, 0.25) is 0 Å². The van der Waals surface area contributed by atoms with Crippen molar-refractivity contribution in [3.63, 3.8) is 0 Å². The molecule has 0 rings (SSSR count). The Labute approximate surface area is 645 Å². The number of carbonyl (C=O) groups excluding carboxylic acids is 4. The summed E-state index contributed by atoms with van der Waals surface area (Å²) in [6.45, 7) is 7.36. The molecule has 3 N–H and O–H groups in total. The van der Waals surface area contributed by atoms with E-state index in [2.05, 4.69) is 34.6 Å². The molecule has 0 radical (unpaired) electrons. The van der Waals surface area contributed by atoms with E-state index >= 15 is 0 Å². The molecule has 624 valence electrons. The van der Waals surface area contributed by atoms with Gasteiger partial charge in [-0.15, -0.1) is 0 Å². The van der Waals surface area contributed by atoms with Crippen LogP contribution >= 0.6 is 15.6 Å². The lowest BCUT2D eigenvalue weighted by Gasteiger charge is -2.21. The number of aliphatic hydroxyl groups is 1. The predicted octanol–water partition coefficient (Wildman–Crippen LogP) is 26.4. The second-order valence-electron chi connectivity index (χ2n) is 31.4. The summed E-state index contributed by atoms with van der Waals surface area (Å²) in [5.74, 6) is -1.28. The minimum atomic E-state index is -4.96. The first-order valence-corrected chi connectivity index (χ1v) is 47.6. The second-order valence-corrected chi connectivity index (χ2v) is 34.3. The van der Waals surface area contributed by atoms with Crippen molar-refractivity contribution in [2.45, 2.75) is 483 Å². The number of hydrogen-bond acceptors (Lipinski definition) is 15. The molecule has 5 atom stereocenters. The van der Waals surface area contributed by atoms with Crippen LogP contribution in [-0.2, 0) is 65.4 Å². The Bertz CT molecular complexity index is 2000. The maximum atomic E-state index is 13.1. The van der Waals surface area contributed by atoms with E-state index in [-0.39, 0.29) is 25.7 Å². The van der Waals surface area contributed by atoms with Crippen molar-refractivity contribution in [3.8, 4) is 0 Å². The monoisotopic (exact) mass is 1540 g/mol. The summed E-state index contributed by atoms with van der Waals surface area (Å²) >= 11 is 0. The highest BCUT2D eigenvalue weighted by Crippen LogP contribution is 2.45. The van der Waals surface area contributed by atoms with Crippen molar-refractivity contribution in [3.05, 3.63) is 0 Å². The third kappa shape index (κ3) is 79.9. The van der Waals surface area contributed by atoms with Gasteiger partial charge in [0.25, 0.3) is 0 Å². The molecule has 0 amide bonds. The van der Waals surface area contributed by atoms with Crippen molar-refractivity contribution in [1.82, 2.24) is 0 Å². The Morgan fingerprint density at radius 1 is 0.257 bits per heavy atom. The molecule has 0 heterocycles. The van der Waals surface area contributed by atoms with Gasteiger partial charge in [-0.05, 0) is 31.6 Å². The van der Waals surface area contributed by atoms with Crippen LogP contribution in [0.15, 0.2) is 0 Å². The van der Waals surface area contributed by atoms with Crippen LogP contribution in [0.3, 0.4) is 0 Å². The summed E-state index contributed by atoms with van der Waals surface area (Å²) in [5.41, 5.74) is 0. The summed E-state index contributed by atoms with van der Waals surface area (Å²) in [5, 5.41) is 10.7. The van der Waals surface area contributed by atoms with Crippen molar-refractivity contribution in [1.29, 1.82) is 0 Å². The van der Waals surface area contributed by atoms with Crippen LogP contribution < -0.4 is 0 Å². The first kappa shape index (κ1) is 103. The van der Waals surface area contributed by atoms with E-state index < -0.39 is 97.5 Å². The van der Waals surface area contributed by atoms with Crippen LogP contribution in [0.1, 0.15) is 465 Å². The molecule has 19 heteroatoms. The minimum Gasteiger partial charge on any atom is -0.462 e. The number of aliphatic hydroxyl groups excluding tert-OH is 1. The number of esters is 4. The van der Waals surface area contributed by atoms with Crippen LogP contribution in [0, 0.1) is 5.92 Å². The first-order chi connectivity index (χ1) is 51.0. The maximum absolute atomic E-state index is 13.1. The van der Waals surface area contributed by atoms with E-state index in [1.54, 1.807) is 0 Å². The highest BCUT2D eigenvalue weighted by Gasteiger charge is 2.30. The van der Waals surface area contributed by atoms with Crippen molar-refractivity contribution in [2.75, 3.05) is 39.6 Å². The first-order valence-electron chi connectivity index (χ1n) is 44.6. The smallest absolute Gasteiger partial charge is 0.462 e. The zero-order chi connectivity index (χ0) is 76.9. The maximum Gasteiger partial charge on any atom is 0.472 e. The van der Waals surface area contributed by atoms with Gasteiger partial charge < -0.3 is 33.8 Å². The molecule has 0 fully saturated rings. The summed E-state index contributed by atoms with van der Waals surface area (Å²) in [7, 11) is -9.92. The highest BCUT2D eigenvalue weighted by atomic mass is 31.2. The SMILES string of the molecule is CCCCCCCCCCCCCCCCCCCCCCCC(=O)OC[C@H](COP(=O)(O)OC[C@@H](O)COP(=O)(O)OC[C@@H](COC(=O)CCCCCCCCC)OC(=O)CCCCCCCCCCCCCCCCCC)OC(=O)CCCCCCCCCCCCCCCCCCCCC(C)C. The topological polar surface area (TPSA) is 237 Å². The lowest BCUT2D eigenvalue weighted by atomic mass is 10.0. The van der Waals surface area contributed by atoms with E-state index in [1.165, 1.54) is 276 Å². The van der Waals surface area contributed by atoms with Gasteiger partial charge in [0, 0.05) is 25.7 Å². The largest absolute Gasteiger partial charge is 0.472 e. The number of hydrogen-bond donors (Lipinski definition) is 3. The van der Waals surface area contributed by atoms with E-state index in [9.17, 15) is 43.2 Å². The molecule has 0 aromatic heterocycles. The average molecular weight is 1540 g/mol. The Balaban J connectivity index is 5.15. The van der Waals surface area contributed by atoms with Gasteiger partial charge in [-0.25, -0.2) is 9.13 Å². The Morgan fingerprint density at radius 3 is 0.648 bits per heavy atom. The molecule has 0 aromatic carbocycles. The number of phosphoric ester groups is 2. The summed E-state index contributed by atoms with van der Waals surface area (Å²) < 4.78 is 68.8. The average Bonchev–Trinajstić information content (AvgIpc) is 0.914. The fraction of sp³-hybridized carbons (Fsp3) is 0.953. The van der Waals surface area contributed by atoms with Crippen LogP contribution in [0.5, 0.6) is 0 Å². The molecule has 0 aromatic rings. The van der Waals surface area contributed by atoms with Gasteiger partial charge in [0.15, 0.2) is 12.2 Å². The van der Waals surface area contributed by atoms with Gasteiger partial charge in [-0.1, -0.05) is 413 Å². The highest BCUT2D eigenvalue weighted by molar-refractivity contribution is 7.47. The number of rotatable bonds is 86. The number of unbranched alkanes of at least 4 members (excludes halogenated alkanes) is 58. The number of carbonyl (C=O) groups is 4. The van der Waals surface area contributed by atoms with Crippen molar-refractivity contribution < 1.29 is 80.2 Å². The van der Waals surface area contributed by atoms with Crippen molar-refractivity contribution in [2.24, 2.45) is 5.92 Å². The van der Waals surface area contributed by atoms with Gasteiger partial charge in [0.05, 0.1) is 26.4 Å². The third-order valence-electron chi connectivity index (χ3n) is 20.3. The van der Waals surface area contributed by atoms with Crippen molar-refractivity contribution >= 4 is 39.5 Å². The molecule has 0 aliphatic rings. The van der Waals surface area contributed by atoms with Crippen LogP contribution in [0.25, 0.3) is 0 Å². The normalized spacial score (nSPS) is 13.8.